The van der Waals surface area contributed by atoms with Crippen LogP contribution in [0.5, 0.6) is 0 Å². The zero-order valence-electron chi connectivity index (χ0n) is 10.1. The highest BCUT2D eigenvalue weighted by Crippen LogP contribution is 2.23. The van der Waals surface area contributed by atoms with Gasteiger partial charge < -0.3 is 9.73 Å². The second-order valence-electron chi connectivity index (χ2n) is 4.07. The van der Waals surface area contributed by atoms with Crippen molar-refractivity contribution >= 4 is 16.8 Å². The first-order valence-electron chi connectivity index (χ1n) is 5.69. The molecular formula is C13H13F2NO2. The van der Waals surface area contributed by atoms with E-state index in [0.717, 1.165) is 12.1 Å². The van der Waals surface area contributed by atoms with E-state index < -0.39 is 17.9 Å². The largest absolute Gasteiger partial charge is 0.428 e. The van der Waals surface area contributed by atoms with Gasteiger partial charge in [-0.3, -0.25) is 4.79 Å². The zero-order valence-corrected chi connectivity index (χ0v) is 10.1. The molecule has 1 N–H and O–H groups in total. The van der Waals surface area contributed by atoms with Crippen LogP contribution in [0.1, 0.15) is 24.2 Å². The van der Waals surface area contributed by atoms with Crippen LogP contribution in [-0.2, 0) is 0 Å². The number of rotatable bonds is 4. The molecule has 0 spiro atoms. The minimum absolute atomic E-state index is 0.167. The summed E-state index contributed by atoms with van der Waals surface area (Å²) in [6.45, 7) is 4.21. The number of halogens is 2. The quantitative estimate of drug-likeness (QED) is 0.852. The standard InChI is InChI=1S/C13H13F2NO2/c1-3-16-7(2)12(17)8-4-9-6-11(15)18-13(9)10(14)5-8/h4-7,16H,3H2,1-2H3/t7-/m0/s1. The Labute approximate surface area is 103 Å². The van der Waals surface area contributed by atoms with Gasteiger partial charge in [-0.15, -0.1) is 0 Å². The van der Waals surface area contributed by atoms with Gasteiger partial charge in [0.15, 0.2) is 17.2 Å². The molecule has 2 aromatic rings. The van der Waals surface area contributed by atoms with Crippen LogP contribution in [0.4, 0.5) is 8.78 Å². The number of hydrogen-bond donors (Lipinski definition) is 1. The molecule has 96 valence electrons. The van der Waals surface area contributed by atoms with E-state index in [-0.39, 0.29) is 22.3 Å². The Kier molecular flexibility index (Phi) is 3.43. The van der Waals surface area contributed by atoms with Gasteiger partial charge in [0.1, 0.15) is 0 Å². The first kappa shape index (κ1) is 12.7. The van der Waals surface area contributed by atoms with Gasteiger partial charge in [-0.2, -0.15) is 4.39 Å². The van der Waals surface area contributed by atoms with Crippen molar-refractivity contribution in [2.45, 2.75) is 19.9 Å². The van der Waals surface area contributed by atoms with Crippen LogP contribution < -0.4 is 5.32 Å². The highest BCUT2D eigenvalue weighted by Gasteiger charge is 2.18. The molecule has 3 nitrogen and oxygen atoms in total. The van der Waals surface area contributed by atoms with Crippen molar-refractivity contribution < 1.29 is 18.0 Å². The van der Waals surface area contributed by atoms with Gasteiger partial charge in [0, 0.05) is 17.0 Å². The Balaban J connectivity index is 2.42. The number of carbonyl (C=O) groups excluding carboxylic acids is 1. The first-order valence-corrected chi connectivity index (χ1v) is 5.69. The van der Waals surface area contributed by atoms with Crippen LogP contribution in [-0.4, -0.2) is 18.4 Å². The maximum atomic E-state index is 13.6. The second-order valence-corrected chi connectivity index (χ2v) is 4.07. The molecule has 0 fully saturated rings. The molecule has 0 unspecified atom stereocenters. The van der Waals surface area contributed by atoms with Gasteiger partial charge in [0.2, 0.25) is 0 Å². The van der Waals surface area contributed by atoms with Crippen molar-refractivity contribution in [1.82, 2.24) is 5.32 Å². The van der Waals surface area contributed by atoms with E-state index in [9.17, 15) is 13.6 Å². The molecule has 0 saturated heterocycles. The van der Waals surface area contributed by atoms with E-state index in [1.54, 1.807) is 6.92 Å². The molecule has 0 aliphatic carbocycles. The van der Waals surface area contributed by atoms with E-state index >= 15 is 0 Å². The fourth-order valence-corrected chi connectivity index (χ4v) is 1.87. The summed E-state index contributed by atoms with van der Waals surface area (Å²) >= 11 is 0. The number of Topliss-reactive ketones (excluding diaryl/α,β-unsaturated/α-hetero) is 1. The van der Waals surface area contributed by atoms with E-state index in [4.69, 9.17) is 0 Å². The molecule has 0 amide bonds. The Hall–Kier alpha value is -1.75. The predicted molar refractivity (Wildman–Crippen MR) is 63.6 cm³/mol. The summed E-state index contributed by atoms with van der Waals surface area (Å²) in [5.74, 6) is -0.970. The summed E-state index contributed by atoms with van der Waals surface area (Å²) in [6.07, 6.45) is 0. The summed E-state index contributed by atoms with van der Waals surface area (Å²) in [7, 11) is 0. The molecule has 18 heavy (non-hydrogen) atoms. The molecule has 1 aromatic heterocycles. The number of ketones is 1. The van der Waals surface area contributed by atoms with Crippen LogP contribution in [0, 0.1) is 11.8 Å². The maximum Gasteiger partial charge on any atom is 0.278 e. The SMILES string of the molecule is CCN[C@@H](C)C(=O)c1cc(F)c2oc(F)cc2c1. The molecule has 0 radical (unpaired) electrons. The summed E-state index contributed by atoms with van der Waals surface area (Å²) in [5.41, 5.74) is 0.0365. The highest BCUT2D eigenvalue weighted by atomic mass is 19.1. The molecular weight excluding hydrogens is 240 g/mol. The molecule has 0 aliphatic rings. The van der Waals surface area contributed by atoms with Gasteiger partial charge in [-0.25, -0.2) is 4.39 Å². The summed E-state index contributed by atoms with van der Waals surface area (Å²) in [5, 5.41) is 3.20. The third-order valence-electron chi connectivity index (χ3n) is 2.73. The van der Waals surface area contributed by atoms with Gasteiger partial charge in [0.25, 0.3) is 6.01 Å². The van der Waals surface area contributed by atoms with Crippen LogP contribution in [0.3, 0.4) is 0 Å². The fourth-order valence-electron chi connectivity index (χ4n) is 1.87. The van der Waals surface area contributed by atoms with Crippen LogP contribution in [0.25, 0.3) is 11.0 Å². The van der Waals surface area contributed by atoms with Crippen molar-refractivity contribution in [3.8, 4) is 0 Å². The van der Waals surface area contributed by atoms with E-state index in [1.807, 2.05) is 6.92 Å². The molecule has 1 aromatic carbocycles. The van der Waals surface area contributed by atoms with E-state index in [1.165, 1.54) is 6.07 Å². The lowest BCUT2D eigenvalue weighted by Gasteiger charge is -2.11. The van der Waals surface area contributed by atoms with Crippen LogP contribution >= 0.6 is 0 Å². The average Bonchev–Trinajstić information content (AvgIpc) is 2.69. The number of benzene rings is 1. The normalized spacial score (nSPS) is 12.9. The van der Waals surface area contributed by atoms with Gasteiger partial charge in [-0.1, -0.05) is 6.92 Å². The summed E-state index contributed by atoms with van der Waals surface area (Å²) < 4.78 is 31.1. The number of likely N-dealkylation sites (N-methyl/N-ethyl adjacent to an activating group) is 1. The smallest absolute Gasteiger partial charge is 0.278 e. The lowest BCUT2D eigenvalue weighted by molar-refractivity contribution is 0.0951. The third-order valence-corrected chi connectivity index (χ3v) is 2.73. The van der Waals surface area contributed by atoms with Gasteiger partial charge in [-0.05, 0) is 25.6 Å². The Morgan fingerprint density at radius 3 is 2.78 bits per heavy atom. The minimum Gasteiger partial charge on any atom is -0.428 e. The molecule has 1 heterocycles. The number of fused-ring (bicyclic) bond motifs is 1. The Morgan fingerprint density at radius 1 is 1.39 bits per heavy atom. The number of hydrogen-bond acceptors (Lipinski definition) is 3. The van der Waals surface area contributed by atoms with E-state index in [2.05, 4.69) is 9.73 Å². The minimum atomic E-state index is -0.867. The second kappa shape index (κ2) is 4.86. The summed E-state index contributed by atoms with van der Waals surface area (Å²) in [6, 6.07) is 2.28. The first-order chi connectivity index (χ1) is 8.52. The van der Waals surface area contributed by atoms with Crippen LogP contribution in [0.2, 0.25) is 0 Å². The monoisotopic (exact) mass is 253 g/mol. The number of carbonyl (C=O) groups is 1. The fraction of sp³-hybridized carbons (Fsp3) is 0.308. The van der Waals surface area contributed by atoms with Crippen molar-refractivity contribution in [2.24, 2.45) is 0 Å². The molecule has 0 bridgehead atoms. The highest BCUT2D eigenvalue weighted by molar-refractivity contribution is 6.02. The van der Waals surface area contributed by atoms with Crippen molar-refractivity contribution in [3.05, 3.63) is 35.6 Å². The number of nitrogens with one attached hydrogen (secondary N) is 1. The third kappa shape index (κ3) is 2.26. The maximum absolute atomic E-state index is 13.6. The van der Waals surface area contributed by atoms with Crippen LogP contribution in [0.15, 0.2) is 22.6 Å². The lowest BCUT2D eigenvalue weighted by Crippen LogP contribution is -2.33. The zero-order chi connectivity index (χ0) is 13.3. The molecule has 0 aliphatic heterocycles. The molecule has 2 rings (SSSR count). The Bertz CT molecular complexity index is 592. The molecule has 5 heteroatoms. The van der Waals surface area contributed by atoms with Gasteiger partial charge in [0.05, 0.1) is 6.04 Å². The predicted octanol–water partition coefficient (Wildman–Crippen LogP) is 2.89. The molecule has 1 atom stereocenters. The number of furan rings is 1. The molecule has 0 saturated carbocycles. The average molecular weight is 253 g/mol. The summed E-state index contributed by atoms with van der Waals surface area (Å²) in [4.78, 5) is 12.0. The van der Waals surface area contributed by atoms with E-state index in [0.29, 0.717) is 6.54 Å². The van der Waals surface area contributed by atoms with Gasteiger partial charge >= 0.3 is 0 Å². The van der Waals surface area contributed by atoms with Crippen molar-refractivity contribution in [3.63, 3.8) is 0 Å². The Morgan fingerprint density at radius 2 is 2.11 bits per heavy atom. The lowest BCUT2D eigenvalue weighted by atomic mass is 10.0. The van der Waals surface area contributed by atoms with Crippen molar-refractivity contribution in [2.75, 3.05) is 6.54 Å². The topological polar surface area (TPSA) is 42.2 Å². The van der Waals surface area contributed by atoms with Crippen molar-refractivity contribution in [1.29, 1.82) is 0 Å².